The molecule has 0 saturated carbocycles. The van der Waals surface area contributed by atoms with Gasteiger partial charge >= 0.3 is 0 Å². The fraction of sp³-hybridized carbons (Fsp3) is 0.583. The summed E-state index contributed by atoms with van der Waals surface area (Å²) in [5.74, 6) is -0.0250. The maximum atomic E-state index is 13.8. The Kier molecular flexibility index (Phi) is 4.82. The number of pyridine rings is 1. The zero-order valence-corrected chi connectivity index (χ0v) is 12.7. The van der Waals surface area contributed by atoms with Crippen LogP contribution in [0.25, 0.3) is 0 Å². The summed E-state index contributed by atoms with van der Waals surface area (Å²) in [7, 11) is -3.20. The van der Waals surface area contributed by atoms with Crippen LogP contribution in [0.4, 0.5) is 10.2 Å². The summed E-state index contributed by atoms with van der Waals surface area (Å²) in [6.07, 6.45) is 4.33. The second kappa shape index (κ2) is 6.24. The quantitative estimate of drug-likeness (QED) is 0.915. The van der Waals surface area contributed by atoms with E-state index in [0.717, 1.165) is 19.1 Å². The van der Waals surface area contributed by atoms with Crippen molar-refractivity contribution < 1.29 is 12.8 Å². The molecular weight excluding hydrogens is 305 g/mol. The van der Waals surface area contributed by atoms with Crippen molar-refractivity contribution in [1.29, 1.82) is 0 Å². The normalized spacial score (nSPS) is 20.1. The van der Waals surface area contributed by atoms with Crippen molar-refractivity contribution >= 4 is 27.4 Å². The largest absolute Gasteiger partial charge is 0.354 e. The third kappa shape index (κ3) is 4.29. The Hall–Kier alpha value is -0.920. The summed E-state index contributed by atoms with van der Waals surface area (Å²) >= 11 is 5.69. The van der Waals surface area contributed by atoms with Crippen molar-refractivity contribution in [2.24, 2.45) is 5.92 Å². The molecule has 8 heteroatoms. The Bertz CT molecular complexity index is 582. The highest BCUT2D eigenvalue weighted by atomic mass is 35.5. The smallest absolute Gasteiger partial charge is 0.208 e. The van der Waals surface area contributed by atoms with Gasteiger partial charge in [0, 0.05) is 25.8 Å². The second-order valence-electron chi connectivity index (χ2n) is 5.03. The molecule has 1 aliphatic rings. The van der Waals surface area contributed by atoms with E-state index in [2.05, 4.69) is 9.71 Å². The van der Waals surface area contributed by atoms with Crippen LogP contribution in [0.3, 0.4) is 0 Å². The molecule has 112 valence electrons. The summed E-state index contributed by atoms with van der Waals surface area (Å²) in [4.78, 5) is 5.86. The molecule has 0 spiro atoms. The summed E-state index contributed by atoms with van der Waals surface area (Å²) in [5, 5.41) is 0.263. The number of nitrogens with one attached hydrogen (secondary N) is 1. The van der Waals surface area contributed by atoms with Gasteiger partial charge in [0.25, 0.3) is 0 Å². The van der Waals surface area contributed by atoms with E-state index >= 15 is 0 Å². The molecule has 0 bridgehead atoms. The minimum absolute atomic E-state index is 0.148. The molecular formula is C12H17ClFN3O2S. The molecule has 1 fully saturated rings. The molecule has 1 aromatic heterocycles. The lowest BCUT2D eigenvalue weighted by atomic mass is 9.98. The molecule has 0 amide bonds. The summed E-state index contributed by atoms with van der Waals surface area (Å²) in [5.41, 5.74) is 0. The Balaban J connectivity index is 2.03. The molecule has 0 aliphatic carbocycles. The molecule has 0 radical (unpaired) electrons. The number of aromatic nitrogens is 1. The predicted octanol–water partition coefficient (Wildman–Crippen LogP) is 1.64. The molecule has 1 aliphatic heterocycles. The van der Waals surface area contributed by atoms with Crippen LogP contribution < -0.4 is 9.62 Å². The summed E-state index contributed by atoms with van der Waals surface area (Å²) in [6, 6.07) is 1.24. The van der Waals surface area contributed by atoms with Crippen LogP contribution in [-0.4, -0.2) is 39.3 Å². The van der Waals surface area contributed by atoms with E-state index in [1.54, 1.807) is 0 Å². The average molecular weight is 322 g/mol. The molecule has 1 aromatic rings. The Labute approximate surface area is 123 Å². The molecule has 1 atom stereocenters. The van der Waals surface area contributed by atoms with Gasteiger partial charge in [-0.1, -0.05) is 11.6 Å². The zero-order valence-electron chi connectivity index (χ0n) is 11.1. The second-order valence-corrected chi connectivity index (χ2v) is 7.30. The third-order valence-electron chi connectivity index (χ3n) is 3.24. The number of rotatable bonds is 4. The van der Waals surface area contributed by atoms with Gasteiger partial charge in [-0.3, -0.25) is 0 Å². The number of piperidine rings is 1. The maximum Gasteiger partial charge on any atom is 0.208 e. The maximum absolute atomic E-state index is 13.8. The molecule has 5 nitrogen and oxygen atoms in total. The van der Waals surface area contributed by atoms with Gasteiger partial charge in [-0.15, -0.1) is 0 Å². The number of nitrogens with zero attached hydrogens (tertiary/aromatic N) is 2. The minimum atomic E-state index is -3.20. The first kappa shape index (κ1) is 15.5. The van der Waals surface area contributed by atoms with Gasteiger partial charge in [-0.25, -0.2) is 22.5 Å². The Morgan fingerprint density at radius 3 is 3.00 bits per heavy atom. The highest BCUT2D eigenvalue weighted by molar-refractivity contribution is 7.88. The van der Waals surface area contributed by atoms with Crippen LogP contribution in [0.2, 0.25) is 5.02 Å². The van der Waals surface area contributed by atoms with E-state index in [1.165, 1.54) is 12.3 Å². The minimum Gasteiger partial charge on any atom is -0.354 e. The molecule has 1 N–H and O–H groups in total. The van der Waals surface area contributed by atoms with Gasteiger partial charge in [0.2, 0.25) is 10.0 Å². The monoisotopic (exact) mass is 321 g/mol. The van der Waals surface area contributed by atoms with Gasteiger partial charge in [0.1, 0.15) is 0 Å². The molecule has 20 heavy (non-hydrogen) atoms. The van der Waals surface area contributed by atoms with Crippen LogP contribution in [0, 0.1) is 11.7 Å². The first-order valence-electron chi connectivity index (χ1n) is 6.36. The Morgan fingerprint density at radius 2 is 2.35 bits per heavy atom. The fourth-order valence-electron chi connectivity index (χ4n) is 2.33. The third-order valence-corrected chi connectivity index (χ3v) is 4.14. The molecule has 0 aromatic carbocycles. The number of hydrogen-bond acceptors (Lipinski definition) is 4. The molecule has 2 heterocycles. The van der Waals surface area contributed by atoms with E-state index in [4.69, 9.17) is 11.6 Å². The topological polar surface area (TPSA) is 62.3 Å². The fourth-order valence-corrected chi connectivity index (χ4v) is 3.02. The van der Waals surface area contributed by atoms with Gasteiger partial charge in [-0.05, 0) is 24.8 Å². The van der Waals surface area contributed by atoms with Crippen molar-refractivity contribution in [1.82, 2.24) is 9.71 Å². The van der Waals surface area contributed by atoms with E-state index < -0.39 is 15.8 Å². The Morgan fingerprint density at radius 1 is 1.60 bits per heavy atom. The van der Waals surface area contributed by atoms with Crippen LogP contribution in [0.1, 0.15) is 12.8 Å². The van der Waals surface area contributed by atoms with Crippen molar-refractivity contribution in [2.75, 3.05) is 30.8 Å². The number of hydrogen-bond donors (Lipinski definition) is 1. The van der Waals surface area contributed by atoms with Crippen molar-refractivity contribution in [2.45, 2.75) is 12.8 Å². The standard InChI is InChI=1S/C12H17ClFN3O2S/c1-20(18,19)16-6-9-3-2-4-17(8-9)12-11(14)5-10(13)7-15-12/h5,7,9,16H,2-4,6,8H2,1H3. The lowest BCUT2D eigenvalue weighted by Gasteiger charge is -2.33. The molecule has 1 unspecified atom stereocenters. The lowest BCUT2D eigenvalue weighted by molar-refractivity contribution is 0.406. The average Bonchev–Trinajstić information content (AvgIpc) is 2.36. The summed E-state index contributed by atoms with van der Waals surface area (Å²) < 4.78 is 38.5. The van der Waals surface area contributed by atoms with Crippen molar-refractivity contribution in [3.8, 4) is 0 Å². The van der Waals surface area contributed by atoms with Gasteiger partial charge in [0.05, 0.1) is 11.3 Å². The van der Waals surface area contributed by atoms with Gasteiger partial charge < -0.3 is 4.90 Å². The molecule has 1 saturated heterocycles. The van der Waals surface area contributed by atoms with Crippen LogP contribution in [0.5, 0.6) is 0 Å². The van der Waals surface area contributed by atoms with E-state index in [0.29, 0.717) is 19.6 Å². The zero-order chi connectivity index (χ0) is 14.8. The van der Waals surface area contributed by atoms with E-state index in [1.807, 2.05) is 4.90 Å². The highest BCUT2D eigenvalue weighted by Gasteiger charge is 2.23. The first-order chi connectivity index (χ1) is 9.35. The van der Waals surface area contributed by atoms with Crippen molar-refractivity contribution in [3.05, 3.63) is 23.1 Å². The van der Waals surface area contributed by atoms with Gasteiger partial charge in [0.15, 0.2) is 11.6 Å². The SMILES string of the molecule is CS(=O)(=O)NCC1CCCN(c2ncc(Cl)cc2F)C1. The first-order valence-corrected chi connectivity index (χ1v) is 8.63. The van der Waals surface area contributed by atoms with E-state index in [9.17, 15) is 12.8 Å². The van der Waals surface area contributed by atoms with Gasteiger partial charge in [-0.2, -0.15) is 0 Å². The van der Waals surface area contributed by atoms with Crippen LogP contribution in [0.15, 0.2) is 12.3 Å². The predicted molar refractivity (Wildman–Crippen MR) is 77.0 cm³/mol. The number of sulfonamides is 1. The molecule has 2 rings (SSSR count). The summed E-state index contributed by atoms with van der Waals surface area (Å²) in [6.45, 7) is 1.65. The number of halogens is 2. The highest BCUT2D eigenvalue weighted by Crippen LogP contribution is 2.25. The lowest BCUT2D eigenvalue weighted by Crippen LogP contribution is -2.41. The van der Waals surface area contributed by atoms with E-state index in [-0.39, 0.29) is 16.8 Å². The van der Waals surface area contributed by atoms with Crippen molar-refractivity contribution in [3.63, 3.8) is 0 Å². The van der Waals surface area contributed by atoms with Crippen LogP contribution in [-0.2, 0) is 10.0 Å². The van der Waals surface area contributed by atoms with Crippen LogP contribution >= 0.6 is 11.6 Å². The number of anilines is 1.